The molecule has 0 bridgehead atoms. The number of benzene rings is 1. The largest absolute Gasteiger partial charge is 0.497 e. The molecule has 21 heavy (non-hydrogen) atoms. The number of rotatable bonds is 3. The second-order valence-electron chi connectivity index (χ2n) is 5.45. The predicted molar refractivity (Wildman–Crippen MR) is 77.5 cm³/mol. The molecule has 0 spiro atoms. The number of nitrogens with zero attached hydrogens (tertiary/aromatic N) is 2. The van der Waals surface area contributed by atoms with Crippen molar-refractivity contribution in [2.75, 3.05) is 7.11 Å². The minimum absolute atomic E-state index is 0.427. The van der Waals surface area contributed by atoms with Gasteiger partial charge in [0.15, 0.2) is 5.54 Å². The fourth-order valence-electron chi connectivity index (χ4n) is 3.11. The van der Waals surface area contributed by atoms with Gasteiger partial charge in [0.05, 0.1) is 7.11 Å². The van der Waals surface area contributed by atoms with Crippen LogP contribution >= 0.6 is 0 Å². The zero-order valence-corrected chi connectivity index (χ0v) is 12.0. The summed E-state index contributed by atoms with van der Waals surface area (Å²) in [6.45, 7) is 0. The van der Waals surface area contributed by atoms with E-state index >= 15 is 0 Å². The summed E-state index contributed by atoms with van der Waals surface area (Å²) in [6, 6.07) is 7.68. The van der Waals surface area contributed by atoms with E-state index in [1.54, 1.807) is 30.3 Å². The zero-order chi connectivity index (χ0) is 14.9. The summed E-state index contributed by atoms with van der Waals surface area (Å²) >= 11 is 0. The number of aromatic nitrogens is 2. The van der Waals surface area contributed by atoms with Crippen molar-refractivity contribution < 1.29 is 14.6 Å². The molecule has 1 unspecified atom stereocenters. The number of carboxylic acid groups (broad SMARTS) is 1. The lowest BCUT2D eigenvalue weighted by Gasteiger charge is -2.29. The average Bonchev–Trinajstić information content (AvgIpc) is 2.94. The molecular formula is C16H18N2O3. The van der Waals surface area contributed by atoms with E-state index in [1.165, 1.54) is 5.56 Å². The van der Waals surface area contributed by atoms with Crippen LogP contribution in [-0.4, -0.2) is 28.0 Å². The summed E-state index contributed by atoms with van der Waals surface area (Å²) in [7, 11) is 1.62. The summed E-state index contributed by atoms with van der Waals surface area (Å²) < 4.78 is 6.86. The lowest BCUT2D eigenvalue weighted by molar-refractivity contribution is -0.148. The number of carboxylic acids is 1. The van der Waals surface area contributed by atoms with E-state index in [4.69, 9.17) is 4.74 Å². The maximum absolute atomic E-state index is 12.0. The maximum atomic E-state index is 12.0. The minimum atomic E-state index is -1.01. The molecule has 0 saturated carbocycles. The quantitative estimate of drug-likeness (QED) is 0.879. The molecule has 0 saturated heterocycles. The van der Waals surface area contributed by atoms with Gasteiger partial charge in [-0.25, -0.2) is 4.79 Å². The lowest BCUT2D eigenvalue weighted by Crippen LogP contribution is -2.44. The van der Waals surface area contributed by atoms with E-state index in [-0.39, 0.29) is 0 Å². The summed E-state index contributed by atoms with van der Waals surface area (Å²) in [5, 5.41) is 14.0. The van der Waals surface area contributed by atoms with Crippen molar-refractivity contribution in [3.8, 4) is 5.75 Å². The number of hydrogen-bond acceptors (Lipinski definition) is 3. The highest BCUT2D eigenvalue weighted by Gasteiger charge is 2.42. The molecule has 1 aliphatic rings. The van der Waals surface area contributed by atoms with Crippen LogP contribution in [0.4, 0.5) is 0 Å². The van der Waals surface area contributed by atoms with Gasteiger partial charge in [0.1, 0.15) is 5.75 Å². The number of ether oxygens (including phenoxy) is 1. The normalized spacial score (nSPS) is 21.4. The fraction of sp³-hybridized carbons (Fsp3) is 0.375. The third-order valence-electron chi connectivity index (χ3n) is 4.27. The lowest BCUT2D eigenvalue weighted by atomic mass is 9.88. The topological polar surface area (TPSA) is 64.3 Å². The Morgan fingerprint density at radius 1 is 1.43 bits per heavy atom. The van der Waals surface area contributed by atoms with Crippen molar-refractivity contribution in [1.29, 1.82) is 0 Å². The third-order valence-corrected chi connectivity index (χ3v) is 4.27. The maximum Gasteiger partial charge on any atom is 0.331 e. The van der Waals surface area contributed by atoms with Gasteiger partial charge in [-0.1, -0.05) is 6.07 Å². The molecule has 1 aliphatic carbocycles. The van der Waals surface area contributed by atoms with E-state index < -0.39 is 11.5 Å². The molecule has 1 atom stereocenters. The third kappa shape index (κ3) is 2.28. The number of methoxy groups -OCH3 is 1. The fourth-order valence-corrected chi connectivity index (χ4v) is 3.11. The molecule has 3 rings (SSSR count). The monoisotopic (exact) mass is 286 g/mol. The molecular weight excluding hydrogens is 268 g/mol. The van der Waals surface area contributed by atoms with Crippen LogP contribution in [0.15, 0.2) is 36.7 Å². The highest BCUT2D eigenvalue weighted by atomic mass is 16.5. The molecule has 2 aromatic rings. The number of aryl methyl sites for hydroxylation is 1. The van der Waals surface area contributed by atoms with Gasteiger partial charge >= 0.3 is 5.97 Å². The molecule has 5 nitrogen and oxygen atoms in total. The zero-order valence-electron chi connectivity index (χ0n) is 12.0. The van der Waals surface area contributed by atoms with Gasteiger partial charge in [-0.3, -0.25) is 4.68 Å². The Bertz CT molecular complexity index is 652. The molecule has 1 aromatic carbocycles. The van der Waals surface area contributed by atoms with Crippen LogP contribution < -0.4 is 4.74 Å². The van der Waals surface area contributed by atoms with E-state index in [1.807, 2.05) is 18.2 Å². The summed E-state index contributed by atoms with van der Waals surface area (Å²) in [5.74, 6) is -0.0720. The number of carbonyl (C=O) groups is 1. The van der Waals surface area contributed by atoms with Crippen LogP contribution in [0.3, 0.4) is 0 Å². The highest BCUT2D eigenvalue weighted by molar-refractivity contribution is 5.77. The molecule has 110 valence electrons. The van der Waals surface area contributed by atoms with Crippen LogP contribution in [0, 0.1) is 0 Å². The first-order valence-electron chi connectivity index (χ1n) is 7.05. The predicted octanol–water partition coefficient (Wildman–Crippen LogP) is 2.25. The SMILES string of the molecule is COc1ccc2c(c1)CC(C(=O)O)(n1cccn1)CCC2. The number of hydrogen-bond donors (Lipinski definition) is 1. The molecule has 0 aliphatic heterocycles. The molecule has 1 N–H and O–H groups in total. The van der Waals surface area contributed by atoms with Gasteiger partial charge in [-0.15, -0.1) is 0 Å². The van der Waals surface area contributed by atoms with Gasteiger partial charge in [0, 0.05) is 18.8 Å². The Balaban J connectivity index is 2.09. The smallest absolute Gasteiger partial charge is 0.331 e. The molecule has 0 amide bonds. The van der Waals surface area contributed by atoms with Gasteiger partial charge in [-0.2, -0.15) is 5.10 Å². The van der Waals surface area contributed by atoms with Crippen LogP contribution in [0.2, 0.25) is 0 Å². The first kappa shape index (κ1) is 13.7. The summed E-state index contributed by atoms with van der Waals surface area (Å²) in [4.78, 5) is 12.0. The molecule has 0 radical (unpaired) electrons. The van der Waals surface area contributed by atoms with Crippen LogP contribution in [0.5, 0.6) is 5.75 Å². The average molecular weight is 286 g/mol. The number of fused-ring (bicyclic) bond motifs is 1. The van der Waals surface area contributed by atoms with E-state index in [2.05, 4.69) is 5.10 Å². The second-order valence-corrected chi connectivity index (χ2v) is 5.45. The summed E-state index contributed by atoms with van der Waals surface area (Å²) in [5.41, 5.74) is 1.22. The van der Waals surface area contributed by atoms with Crippen molar-refractivity contribution in [2.45, 2.75) is 31.2 Å². The van der Waals surface area contributed by atoms with Crippen LogP contribution in [-0.2, 0) is 23.2 Å². The Kier molecular flexibility index (Phi) is 3.41. The first-order valence-corrected chi connectivity index (χ1v) is 7.05. The number of aliphatic carboxylic acids is 1. The van der Waals surface area contributed by atoms with E-state index in [9.17, 15) is 9.90 Å². The Hall–Kier alpha value is -2.30. The molecule has 1 heterocycles. The Labute approximate surface area is 123 Å². The highest BCUT2D eigenvalue weighted by Crippen LogP contribution is 2.34. The van der Waals surface area contributed by atoms with Crippen LogP contribution in [0.25, 0.3) is 0 Å². The van der Waals surface area contributed by atoms with Crippen molar-refractivity contribution >= 4 is 5.97 Å². The van der Waals surface area contributed by atoms with Gasteiger partial charge < -0.3 is 9.84 Å². The molecule has 5 heteroatoms. The van der Waals surface area contributed by atoms with Crippen molar-refractivity contribution in [1.82, 2.24) is 9.78 Å². The van der Waals surface area contributed by atoms with Gasteiger partial charge in [0.25, 0.3) is 0 Å². The van der Waals surface area contributed by atoms with Gasteiger partial charge in [-0.05, 0) is 48.6 Å². The van der Waals surface area contributed by atoms with E-state index in [0.29, 0.717) is 12.8 Å². The first-order chi connectivity index (χ1) is 10.2. The Morgan fingerprint density at radius 3 is 2.95 bits per heavy atom. The minimum Gasteiger partial charge on any atom is -0.497 e. The van der Waals surface area contributed by atoms with E-state index in [0.717, 1.165) is 24.2 Å². The standard InChI is InChI=1S/C16H18N2O3/c1-21-14-6-5-12-4-2-7-16(15(19)20,11-13(12)10-14)18-9-3-8-17-18/h3,5-6,8-10H,2,4,7,11H2,1H3,(H,19,20). The van der Waals surface area contributed by atoms with Gasteiger partial charge in [0.2, 0.25) is 0 Å². The summed E-state index contributed by atoms with van der Waals surface area (Å²) in [6.07, 6.45) is 6.07. The molecule has 1 aromatic heterocycles. The van der Waals surface area contributed by atoms with Crippen molar-refractivity contribution in [3.05, 3.63) is 47.8 Å². The molecule has 0 fully saturated rings. The second kappa shape index (κ2) is 5.24. The van der Waals surface area contributed by atoms with Crippen LogP contribution in [0.1, 0.15) is 24.0 Å². The van der Waals surface area contributed by atoms with Crippen molar-refractivity contribution in [3.63, 3.8) is 0 Å². The van der Waals surface area contributed by atoms with Crippen molar-refractivity contribution in [2.24, 2.45) is 0 Å². The Morgan fingerprint density at radius 2 is 2.29 bits per heavy atom.